The minimum absolute atomic E-state index is 0.162. The fourth-order valence-corrected chi connectivity index (χ4v) is 2.77. The molecule has 1 heterocycles. The molecule has 0 N–H and O–H groups in total. The van der Waals surface area contributed by atoms with E-state index in [1.807, 2.05) is 35.2 Å². The zero-order valence-electron chi connectivity index (χ0n) is 12.0. The Morgan fingerprint density at radius 2 is 2.10 bits per heavy atom. The number of hydrogen-bond acceptors (Lipinski definition) is 3. The van der Waals surface area contributed by atoms with Gasteiger partial charge in [-0.1, -0.05) is 50.1 Å². The number of rotatable bonds is 4. The van der Waals surface area contributed by atoms with Crippen molar-refractivity contribution in [1.29, 1.82) is 0 Å². The van der Waals surface area contributed by atoms with Gasteiger partial charge < -0.3 is 9.69 Å². The van der Waals surface area contributed by atoms with Crippen LogP contribution >= 0.6 is 0 Å². The fraction of sp³-hybridized carbons (Fsp3) is 0.412. The fourth-order valence-electron chi connectivity index (χ4n) is 2.77. The Morgan fingerprint density at radius 3 is 2.65 bits per heavy atom. The lowest BCUT2D eigenvalue weighted by Crippen LogP contribution is -2.52. The van der Waals surface area contributed by atoms with E-state index in [2.05, 4.69) is 19.8 Å². The maximum Gasteiger partial charge on any atom is 0.142 e. The SMILES string of the molecule is C#CCN1C(c2ccccc2)=NC(CC)C(C)C1C=O. The second-order valence-corrected chi connectivity index (χ2v) is 5.11. The van der Waals surface area contributed by atoms with E-state index < -0.39 is 0 Å². The number of carbonyl (C=O) groups is 1. The summed E-state index contributed by atoms with van der Waals surface area (Å²) in [6.45, 7) is 4.58. The summed E-state index contributed by atoms with van der Waals surface area (Å²) < 4.78 is 0. The van der Waals surface area contributed by atoms with Crippen LogP contribution in [0.1, 0.15) is 25.8 Å². The highest BCUT2D eigenvalue weighted by molar-refractivity contribution is 6.01. The molecule has 0 bridgehead atoms. The number of amidine groups is 1. The number of hydrogen-bond donors (Lipinski definition) is 0. The Bertz CT molecular complexity index is 530. The molecule has 1 aliphatic heterocycles. The molecular formula is C17H20N2O. The molecule has 0 aliphatic carbocycles. The molecule has 0 saturated carbocycles. The second kappa shape index (κ2) is 6.38. The Kier molecular flexibility index (Phi) is 4.57. The summed E-state index contributed by atoms with van der Waals surface area (Å²) in [6.07, 6.45) is 7.39. The topological polar surface area (TPSA) is 32.7 Å². The van der Waals surface area contributed by atoms with Crippen molar-refractivity contribution < 1.29 is 4.79 Å². The molecule has 0 fully saturated rings. The molecule has 1 aromatic rings. The summed E-state index contributed by atoms with van der Waals surface area (Å²) in [4.78, 5) is 18.3. The molecule has 0 saturated heterocycles. The van der Waals surface area contributed by atoms with Gasteiger partial charge in [-0.2, -0.15) is 0 Å². The average Bonchev–Trinajstić information content (AvgIpc) is 2.49. The van der Waals surface area contributed by atoms with Gasteiger partial charge in [0.15, 0.2) is 0 Å². The van der Waals surface area contributed by atoms with Crippen LogP contribution in [0.15, 0.2) is 35.3 Å². The monoisotopic (exact) mass is 268 g/mol. The highest BCUT2D eigenvalue weighted by Gasteiger charge is 2.35. The van der Waals surface area contributed by atoms with Crippen LogP contribution in [0.4, 0.5) is 0 Å². The Labute approximate surface area is 120 Å². The molecule has 1 aromatic carbocycles. The zero-order valence-corrected chi connectivity index (χ0v) is 12.0. The van der Waals surface area contributed by atoms with Crippen molar-refractivity contribution in [3.8, 4) is 12.3 Å². The third-order valence-electron chi connectivity index (χ3n) is 3.92. The van der Waals surface area contributed by atoms with Gasteiger partial charge in [0.25, 0.3) is 0 Å². The number of terminal acetylenes is 1. The van der Waals surface area contributed by atoms with Crippen molar-refractivity contribution in [2.45, 2.75) is 32.4 Å². The molecule has 0 aromatic heterocycles. The molecule has 3 atom stereocenters. The normalized spacial score (nSPS) is 25.8. The molecule has 3 nitrogen and oxygen atoms in total. The van der Waals surface area contributed by atoms with E-state index in [0.717, 1.165) is 24.1 Å². The zero-order chi connectivity index (χ0) is 14.5. The molecule has 104 valence electrons. The number of aldehydes is 1. The van der Waals surface area contributed by atoms with Gasteiger partial charge in [-0.05, 0) is 6.42 Å². The van der Waals surface area contributed by atoms with Crippen LogP contribution in [0.3, 0.4) is 0 Å². The van der Waals surface area contributed by atoms with Crippen LogP contribution in [-0.2, 0) is 4.79 Å². The number of aliphatic imine (C=N–C) groups is 1. The molecule has 0 radical (unpaired) electrons. The molecular weight excluding hydrogens is 248 g/mol. The molecule has 1 aliphatic rings. The summed E-state index contributed by atoms with van der Waals surface area (Å²) in [5.41, 5.74) is 1.01. The van der Waals surface area contributed by atoms with E-state index in [4.69, 9.17) is 11.4 Å². The third kappa shape index (κ3) is 2.60. The van der Waals surface area contributed by atoms with Crippen LogP contribution in [0.25, 0.3) is 0 Å². The lowest BCUT2D eigenvalue weighted by Gasteiger charge is -2.40. The molecule has 3 heteroatoms. The van der Waals surface area contributed by atoms with Crippen LogP contribution in [0, 0.1) is 18.3 Å². The lowest BCUT2D eigenvalue weighted by atomic mass is 9.89. The first-order valence-corrected chi connectivity index (χ1v) is 7.01. The van der Waals surface area contributed by atoms with Gasteiger partial charge in [0.1, 0.15) is 12.1 Å². The summed E-state index contributed by atoms with van der Waals surface area (Å²) in [7, 11) is 0. The smallest absolute Gasteiger partial charge is 0.142 e. The van der Waals surface area contributed by atoms with E-state index in [-0.39, 0.29) is 18.0 Å². The number of benzene rings is 1. The third-order valence-corrected chi connectivity index (χ3v) is 3.92. The Hall–Kier alpha value is -2.08. The average molecular weight is 268 g/mol. The number of nitrogens with zero attached hydrogens (tertiary/aromatic N) is 2. The number of carbonyl (C=O) groups excluding carboxylic acids is 1. The van der Waals surface area contributed by atoms with E-state index in [9.17, 15) is 4.79 Å². The van der Waals surface area contributed by atoms with Gasteiger partial charge in [0, 0.05) is 11.5 Å². The van der Waals surface area contributed by atoms with Crippen molar-refractivity contribution in [3.05, 3.63) is 35.9 Å². The van der Waals surface area contributed by atoms with Gasteiger partial charge in [-0.15, -0.1) is 6.42 Å². The van der Waals surface area contributed by atoms with Gasteiger partial charge in [0.05, 0.1) is 18.6 Å². The van der Waals surface area contributed by atoms with E-state index in [1.165, 1.54) is 0 Å². The van der Waals surface area contributed by atoms with E-state index in [1.54, 1.807) is 0 Å². The van der Waals surface area contributed by atoms with E-state index >= 15 is 0 Å². The first kappa shape index (κ1) is 14.3. The van der Waals surface area contributed by atoms with Crippen molar-refractivity contribution in [2.24, 2.45) is 10.9 Å². The molecule has 3 unspecified atom stereocenters. The van der Waals surface area contributed by atoms with Gasteiger partial charge in [-0.25, -0.2) is 0 Å². The molecule has 20 heavy (non-hydrogen) atoms. The van der Waals surface area contributed by atoms with Crippen molar-refractivity contribution >= 4 is 12.1 Å². The quantitative estimate of drug-likeness (QED) is 0.620. The summed E-state index contributed by atoms with van der Waals surface area (Å²) in [6, 6.07) is 9.88. The highest BCUT2D eigenvalue weighted by atomic mass is 16.1. The van der Waals surface area contributed by atoms with Crippen LogP contribution in [0.5, 0.6) is 0 Å². The summed E-state index contributed by atoms with van der Waals surface area (Å²) in [5.74, 6) is 3.66. The standard InChI is InChI=1S/C17H20N2O/c1-4-11-19-16(12-20)13(3)15(5-2)18-17(19)14-9-7-6-8-10-14/h1,6-10,12-13,15-16H,5,11H2,2-3H3. The van der Waals surface area contributed by atoms with Crippen LogP contribution < -0.4 is 0 Å². The van der Waals surface area contributed by atoms with Crippen molar-refractivity contribution in [2.75, 3.05) is 6.54 Å². The molecule has 0 amide bonds. The summed E-state index contributed by atoms with van der Waals surface area (Å²) >= 11 is 0. The predicted octanol–water partition coefficient (Wildman–Crippen LogP) is 2.36. The highest BCUT2D eigenvalue weighted by Crippen LogP contribution is 2.26. The predicted molar refractivity (Wildman–Crippen MR) is 81.6 cm³/mol. The maximum atomic E-state index is 11.5. The minimum atomic E-state index is -0.205. The first-order chi connectivity index (χ1) is 9.72. The van der Waals surface area contributed by atoms with Gasteiger partial charge in [0.2, 0.25) is 0 Å². The first-order valence-electron chi connectivity index (χ1n) is 7.01. The van der Waals surface area contributed by atoms with Gasteiger partial charge in [-0.3, -0.25) is 4.99 Å². The Balaban J connectivity index is 2.48. The van der Waals surface area contributed by atoms with Crippen LogP contribution in [0.2, 0.25) is 0 Å². The largest absolute Gasteiger partial charge is 0.335 e. The van der Waals surface area contributed by atoms with E-state index in [0.29, 0.717) is 6.54 Å². The van der Waals surface area contributed by atoms with Crippen molar-refractivity contribution in [1.82, 2.24) is 4.90 Å². The molecule has 0 spiro atoms. The lowest BCUT2D eigenvalue weighted by molar-refractivity contribution is -0.112. The molecule has 2 rings (SSSR count). The second-order valence-electron chi connectivity index (χ2n) is 5.11. The summed E-state index contributed by atoms with van der Waals surface area (Å²) in [5, 5.41) is 0. The van der Waals surface area contributed by atoms with Gasteiger partial charge >= 0.3 is 0 Å². The van der Waals surface area contributed by atoms with Crippen LogP contribution in [-0.4, -0.2) is 35.7 Å². The Morgan fingerprint density at radius 1 is 1.40 bits per heavy atom. The van der Waals surface area contributed by atoms with Crippen molar-refractivity contribution in [3.63, 3.8) is 0 Å². The maximum absolute atomic E-state index is 11.5. The minimum Gasteiger partial charge on any atom is -0.335 e.